The van der Waals surface area contributed by atoms with Crippen molar-refractivity contribution in [2.24, 2.45) is 0 Å². The normalized spacial score (nSPS) is 19.8. The number of hydrogen-bond donors (Lipinski definition) is 0. The van der Waals surface area contributed by atoms with Gasteiger partial charge in [0.25, 0.3) is 0 Å². The van der Waals surface area contributed by atoms with E-state index in [-0.39, 0.29) is 0 Å². The molecule has 1 aromatic rings. The van der Waals surface area contributed by atoms with Gasteiger partial charge in [0.2, 0.25) is 3.83 Å². The Labute approximate surface area is 88.8 Å². The Morgan fingerprint density at radius 2 is 2.17 bits per heavy atom. The van der Waals surface area contributed by atoms with Crippen molar-refractivity contribution in [3.05, 3.63) is 8.84 Å². The molecule has 3 nitrogen and oxygen atoms in total. The van der Waals surface area contributed by atoms with E-state index in [1.807, 2.05) is 0 Å². The van der Waals surface area contributed by atoms with Gasteiger partial charge in [0.15, 0.2) is 0 Å². The monoisotopic (exact) mass is 296 g/mol. The van der Waals surface area contributed by atoms with Gasteiger partial charge in [-0.15, -0.1) is 0 Å². The minimum atomic E-state index is 0.597. The fourth-order valence-electron chi connectivity index (χ4n) is 1.33. The Morgan fingerprint density at radius 1 is 1.42 bits per heavy atom. The first-order valence-electron chi connectivity index (χ1n) is 3.93. The lowest BCUT2D eigenvalue weighted by molar-refractivity contribution is 0.0852. The molecular weight excluding hydrogens is 287 g/mol. The number of aromatic nitrogens is 2. The molecule has 5 heteroatoms. The summed E-state index contributed by atoms with van der Waals surface area (Å²) in [6.45, 7) is 1.75. The van der Waals surface area contributed by atoms with E-state index in [0.717, 1.165) is 29.9 Å². The van der Waals surface area contributed by atoms with Crippen LogP contribution < -0.4 is 0 Å². The molecule has 0 N–H and O–H groups in total. The minimum absolute atomic E-state index is 0.597. The third-order valence-corrected chi connectivity index (χ3v) is 3.67. The molecule has 0 aromatic carbocycles. The summed E-state index contributed by atoms with van der Waals surface area (Å²) in [6.07, 6.45) is 2.20. The fraction of sp³-hybridized carbons (Fsp3) is 0.714. The van der Waals surface area contributed by atoms with Crippen LogP contribution in [0.25, 0.3) is 0 Å². The largest absolute Gasteiger partial charge is 0.381 e. The number of rotatable bonds is 1. The number of halogens is 1. The maximum atomic E-state index is 5.28. The van der Waals surface area contributed by atoms with Crippen molar-refractivity contribution in [2.75, 3.05) is 13.2 Å². The van der Waals surface area contributed by atoms with E-state index < -0.39 is 0 Å². The third-order valence-electron chi connectivity index (χ3n) is 1.99. The molecule has 1 aliphatic heterocycles. The van der Waals surface area contributed by atoms with Gasteiger partial charge in [-0.1, -0.05) is 0 Å². The summed E-state index contributed by atoms with van der Waals surface area (Å²) >= 11 is 3.69. The summed E-state index contributed by atoms with van der Waals surface area (Å²) in [7, 11) is 0. The van der Waals surface area contributed by atoms with Crippen LogP contribution in [0.15, 0.2) is 0 Å². The van der Waals surface area contributed by atoms with Crippen molar-refractivity contribution in [2.45, 2.75) is 18.8 Å². The van der Waals surface area contributed by atoms with Crippen LogP contribution in [0, 0.1) is 3.83 Å². The zero-order valence-electron chi connectivity index (χ0n) is 6.49. The zero-order valence-corrected chi connectivity index (χ0v) is 9.47. The van der Waals surface area contributed by atoms with Crippen molar-refractivity contribution in [3.63, 3.8) is 0 Å². The van der Waals surface area contributed by atoms with Gasteiger partial charge in [0.1, 0.15) is 5.01 Å². The third kappa shape index (κ3) is 1.94. The zero-order chi connectivity index (χ0) is 8.39. The Bertz CT molecular complexity index is 260. The molecule has 0 atom stereocenters. The van der Waals surface area contributed by atoms with Crippen LogP contribution in [0.1, 0.15) is 23.8 Å². The van der Waals surface area contributed by atoms with Gasteiger partial charge in [-0.25, -0.2) is 4.98 Å². The quantitative estimate of drug-likeness (QED) is 0.744. The first-order chi connectivity index (χ1) is 5.86. The molecule has 0 saturated carbocycles. The van der Waals surface area contributed by atoms with E-state index in [0.29, 0.717) is 5.92 Å². The molecule has 2 heterocycles. The van der Waals surface area contributed by atoms with E-state index >= 15 is 0 Å². The van der Waals surface area contributed by atoms with E-state index in [9.17, 15) is 0 Å². The van der Waals surface area contributed by atoms with Gasteiger partial charge in [-0.3, -0.25) is 0 Å². The molecule has 0 bridgehead atoms. The lowest BCUT2D eigenvalue weighted by atomic mass is 10.0. The average Bonchev–Trinajstić information content (AvgIpc) is 2.54. The second-order valence-corrected chi connectivity index (χ2v) is 4.54. The molecule has 1 saturated heterocycles. The van der Waals surface area contributed by atoms with Gasteiger partial charge >= 0.3 is 0 Å². The van der Waals surface area contributed by atoms with E-state index in [4.69, 9.17) is 4.74 Å². The Kier molecular flexibility index (Phi) is 2.92. The van der Waals surface area contributed by atoms with Crippen molar-refractivity contribution in [1.29, 1.82) is 0 Å². The number of nitrogens with zero attached hydrogens (tertiary/aromatic N) is 2. The van der Waals surface area contributed by atoms with Crippen LogP contribution in [0.2, 0.25) is 0 Å². The van der Waals surface area contributed by atoms with Gasteiger partial charge in [0, 0.05) is 41.7 Å². The van der Waals surface area contributed by atoms with Crippen LogP contribution >= 0.6 is 34.1 Å². The van der Waals surface area contributed by atoms with Crippen LogP contribution in [0.4, 0.5) is 0 Å². The van der Waals surface area contributed by atoms with Gasteiger partial charge in [-0.05, 0) is 24.4 Å². The molecule has 66 valence electrons. The molecule has 12 heavy (non-hydrogen) atoms. The Morgan fingerprint density at radius 3 is 2.75 bits per heavy atom. The lowest BCUT2D eigenvalue weighted by Crippen LogP contribution is -2.13. The SMILES string of the molecule is Ic1nsc(C2CCOCC2)n1. The lowest BCUT2D eigenvalue weighted by Gasteiger charge is -2.18. The molecule has 0 amide bonds. The summed E-state index contributed by atoms with van der Waals surface area (Å²) in [5.41, 5.74) is 0. The average molecular weight is 296 g/mol. The molecule has 0 spiro atoms. The highest BCUT2D eigenvalue weighted by molar-refractivity contribution is 14.1. The van der Waals surface area contributed by atoms with Crippen LogP contribution in [0.3, 0.4) is 0 Å². The highest BCUT2D eigenvalue weighted by Gasteiger charge is 2.19. The molecule has 0 aliphatic carbocycles. The summed E-state index contributed by atoms with van der Waals surface area (Å²) < 4.78 is 10.3. The minimum Gasteiger partial charge on any atom is -0.381 e. The van der Waals surface area contributed by atoms with Crippen LogP contribution in [0.5, 0.6) is 0 Å². The van der Waals surface area contributed by atoms with Gasteiger partial charge in [0.05, 0.1) is 0 Å². The fourth-order valence-corrected chi connectivity index (χ4v) is 2.77. The van der Waals surface area contributed by atoms with Gasteiger partial charge < -0.3 is 4.74 Å². The Balaban J connectivity index is 2.08. The number of hydrogen-bond acceptors (Lipinski definition) is 4. The van der Waals surface area contributed by atoms with E-state index in [1.54, 1.807) is 0 Å². The molecule has 1 aliphatic rings. The van der Waals surface area contributed by atoms with Crippen molar-refractivity contribution < 1.29 is 4.74 Å². The maximum Gasteiger partial charge on any atom is 0.203 e. The topological polar surface area (TPSA) is 35.0 Å². The first kappa shape index (κ1) is 8.83. The smallest absolute Gasteiger partial charge is 0.203 e. The predicted molar refractivity (Wildman–Crippen MR) is 55.4 cm³/mol. The summed E-state index contributed by atoms with van der Waals surface area (Å²) in [5.74, 6) is 0.597. The standard InChI is InChI=1S/C7H9IN2OS/c8-7-9-6(12-10-7)5-1-3-11-4-2-5/h5H,1-4H2. The number of ether oxygens (including phenoxy) is 1. The molecule has 1 aromatic heterocycles. The molecular formula is C7H9IN2OS. The maximum absolute atomic E-state index is 5.28. The summed E-state index contributed by atoms with van der Waals surface area (Å²) in [4.78, 5) is 4.37. The molecule has 2 rings (SSSR count). The Hall–Kier alpha value is 0.250. The highest BCUT2D eigenvalue weighted by atomic mass is 127. The predicted octanol–water partition coefficient (Wildman–Crippen LogP) is 2.04. The second kappa shape index (κ2) is 3.97. The van der Waals surface area contributed by atoms with E-state index in [1.165, 1.54) is 16.5 Å². The summed E-state index contributed by atoms with van der Waals surface area (Å²) in [6, 6.07) is 0. The molecule has 0 unspecified atom stereocenters. The molecule has 1 fully saturated rings. The van der Waals surface area contributed by atoms with Crippen LogP contribution in [-0.4, -0.2) is 22.6 Å². The van der Waals surface area contributed by atoms with E-state index in [2.05, 4.69) is 31.9 Å². The van der Waals surface area contributed by atoms with Crippen LogP contribution in [-0.2, 0) is 4.74 Å². The first-order valence-corrected chi connectivity index (χ1v) is 5.78. The van der Waals surface area contributed by atoms with Gasteiger partial charge in [-0.2, -0.15) is 4.37 Å². The highest BCUT2D eigenvalue weighted by Crippen LogP contribution is 2.27. The second-order valence-electron chi connectivity index (χ2n) is 2.79. The van der Waals surface area contributed by atoms with Crippen molar-refractivity contribution in [1.82, 2.24) is 9.36 Å². The summed E-state index contributed by atoms with van der Waals surface area (Å²) in [5, 5.41) is 1.18. The molecule has 0 radical (unpaired) electrons. The van der Waals surface area contributed by atoms with Crippen molar-refractivity contribution in [3.8, 4) is 0 Å². The van der Waals surface area contributed by atoms with Crippen molar-refractivity contribution >= 4 is 34.1 Å².